The first-order valence-electron chi connectivity index (χ1n) is 7.06. The number of aryl methyl sites for hydroxylation is 3. The molecule has 0 unspecified atom stereocenters. The number of pyridine rings is 1. The number of ether oxygens (including phenoxy) is 1. The molecule has 114 valence electrons. The third-order valence-corrected chi connectivity index (χ3v) is 3.37. The zero-order valence-electron chi connectivity index (χ0n) is 13.3. The number of methoxy groups -OCH3 is 1. The molecule has 4 heteroatoms. The lowest BCUT2D eigenvalue weighted by atomic mass is 10.0. The fourth-order valence-electron chi connectivity index (χ4n) is 2.28. The summed E-state index contributed by atoms with van der Waals surface area (Å²) in [5, 5.41) is 2.82. The lowest BCUT2D eigenvalue weighted by Crippen LogP contribution is -2.08. The van der Waals surface area contributed by atoms with Gasteiger partial charge >= 0.3 is 0 Å². The second-order valence-electron chi connectivity index (χ2n) is 5.18. The van der Waals surface area contributed by atoms with Crippen LogP contribution in [0, 0.1) is 20.8 Å². The smallest absolute Gasteiger partial charge is 0.248 e. The number of carbonyl (C=O) groups is 1. The summed E-state index contributed by atoms with van der Waals surface area (Å²) in [6.07, 6.45) is 5.04. The molecule has 2 aromatic rings. The van der Waals surface area contributed by atoms with Crippen molar-refractivity contribution in [3.05, 3.63) is 58.9 Å². The maximum atomic E-state index is 12.0. The van der Waals surface area contributed by atoms with E-state index in [0.29, 0.717) is 0 Å². The third kappa shape index (κ3) is 3.95. The molecule has 0 radical (unpaired) electrons. The van der Waals surface area contributed by atoms with Crippen LogP contribution in [0.3, 0.4) is 0 Å². The van der Waals surface area contributed by atoms with Crippen LogP contribution >= 0.6 is 0 Å². The molecule has 1 heterocycles. The minimum absolute atomic E-state index is 0.166. The predicted octanol–water partition coefficient (Wildman–Crippen LogP) is 3.67. The van der Waals surface area contributed by atoms with Gasteiger partial charge in [0, 0.05) is 23.7 Å². The SMILES string of the molecule is COc1cc(C)c(/C=C/C(=O)Nc2ccnc(C)c2)c(C)c1. The van der Waals surface area contributed by atoms with E-state index in [1.807, 2.05) is 45.0 Å². The van der Waals surface area contributed by atoms with Crippen LogP contribution in [-0.4, -0.2) is 18.0 Å². The van der Waals surface area contributed by atoms with Gasteiger partial charge in [-0.3, -0.25) is 9.78 Å². The summed E-state index contributed by atoms with van der Waals surface area (Å²) < 4.78 is 5.24. The van der Waals surface area contributed by atoms with E-state index in [4.69, 9.17) is 4.74 Å². The Balaban J connectivity index is 2.13. The highest BCUT2D eigenvalue weighted by atomic mass is 16.5. The summed E-state index contributed by atoms with van der Waals surface area (Å²) in [5.41, 5.74) is 4.78. The molecule has 0 spiro atoms. The van der Waals surface area contributed by atoms with Gasteiger partial charge in [-0.05, 0) is 67.8 Å². The molecular weight excluding hydrogens is 276 g/mol. The summed E-state index contributed by atoms with van der Waals surface area (Å²) in [6.45, 7) is 5.88. The van der Waals surface area contributed by atoms with Crippen molar-refractivity contribution < 1.29 is 9.53 Å². The molecule has 0 atom stereocenters. The van der Waals surface area contributed by atoms with Crippen molar-refractivity contribution in [3.8, 4) is 5.75 Å². The average molecular weight is 296 g/mol. The maximum Gasteiger partial charge on any atom is 0.248 e. The Labute approximate surface area is 130 Å². The Bertz CT molecular complexity index is 698. The van der Waals surface area contributed by atoms with Gasteiger partial charge in [-0.2, -0.15) is 0 Å². The fraction of sp³-hybridized carbons (Fsp3) is 0.222. The normalized spacial score (nSPS) is 10.7. The van der Waals surface area contributed by atoms with Gasteiger partial charge in [0.05, 0.1) is 7.11 Å². The number of benzene rings is 1. The maximum absolute atomic E-state index is 12.0. The van der Waals surface area contributed by atoms with Gasteiger partial charge in [-0.15, -0.1) is 0 Å². The molecule has 1 amide bonds. The van der Waals surface area contributed by atoms with Crippen molar-refractivity contribution in [2.24, 2.45) is 0 Å². The van der Waals surface area contributed by atoms with E-state index in [9.17, 15) is 4.79 Å². The monoisotopic (exact) mass is 296 g/mol. The highest BCUT2D eigenvalue weighted by molar-refractivity contribution is 6.02. The summed E-state index contributed by atoms with van der Waals surface area (Å²) >= 11 is 0. The second-order valence-corrected chi connectivity index (χ2v) is 5.18. The van der Waals surface area contributed by atoms with Crippen LogP contribution in [0.1, 0.15) is 22.4 Å². The van der Waals surface area contributed by atoms with Crippen molar-refractivity contribution in [2.75, 3.05) is 12.4 Å². The first kappa shape index (κ1) is 15.8. The van der Waals surface area contributed by atoms with Gasteiger partial charge in [0.2, 0.25) is 5.91 Å². The van der Waals surface area contributed by atoms with E-state index in [1.54, 1.807) is 19.4 Å². The van der Waals surface area contributed by atoms with Crippen molar-refractivity contribution in [1.82, 2.24) is 4.98 Å². The number of anilines is 1. The Morgan fingerprint density at radius 2 is 1.86 bits per heavy atom. The van der Waals surface area contributed by atoms with E-state index in [1.165, 1.54) is 6.08 Å². The number of rotatable bonds is 4. The zero-order chi connectivity index (χ0) is 16.1. The molecule has 0 saturated carbocycles. The molecular formula is C18H20N2O2. The number of carbonyl (C=O) groups excluding carboxylic acids is 1. The topological polar surface area (TPSA) is 51.2 Å². The Kier molecular flexibility index (Phi) is 4.94. The van der Waals surface area contributed by atoms with Gasteiger partial charge in [0.25, 0.3) is 0 Å². The Morgan fingerprint density at radius 3 is 2.45 bits per heavy atom. The van der Waals surface area contributed by atoms with Gasteiger partial charge in [0.1, 0.15) is 5.75 Å². The summed E-state index contributed by atoms with van der Waals surface area (Å²) in [4.78, 5) is 16.1. The summed E-state index contributed by atoms with van der Waals surface area (Å²) in [5.74, 6) is 0.657. The molecule has 0 fully saturated rings. The molecule has 0 saturated heterocycles. The van der Waals surface area contributed by atoms with Crippen molar-refractivity contribution in [1.29, 1.82) is 0 Å². The van der Waals surface area contributed by atoms with Crippen LogP contribution in [0.5, 0.6) is 5.75 Å². The number of nitrogens with one attached hydrogen (secondary N) is 1. The Morgan fingerprint density at radius 1 is 1.18 bits per heavy atom. The van der Waals surface area contributed by atoms with E-state index in [-0.39, 0.29) is 5.91 Å². The molecule has 0 aliphatic heterocycles. The molecule has 1 aromatic heterocycles. The van der Waals surface area contributed by atoms with E-state index >= 15 is 0 Å². The highest BCUT2D eigenvalue weighted by Crippen LogP contribution is 2.22. The largest absolute Gasteiger partial charge is 0.497 e. The van der Waals surface area contributed by atoms with Crippen LogP contribution in [0.2, 0.25) is 0 Å². The lowest BCUT2D eigenvalue weighted by Gasteiger charge is -2.09. The van der Waals surface area contributed by atoms with E-state index in [0.717, 1.165) is 33.8 Å². The van der Waals surface area contributed by atoms with Gasteiger partial charge in [-0.1, -0.05) is 0 Å². The fourth-order valence-corrected chi connectivity index (χ4v) is 2.28. The standard InChI is InChI=1S/C18H20N2O2/c1-12-9-16(22-4)10-13(2)17(12)5-6-18(21)20-15-7-8-19-14(3)11-15/h5-11H,1-4H3,(H,19,20,21)/b6-5+. The van der Waals surface area contributed by atoms with E-state index < -0.39 is 0 Å². The van der Waals surface area contributed by atoms with Gasteiger partial charge < -0.3 is 10.1 Å². The second kappa shape index (κ2) is 6.89. The van der Waals surface area contributed by atoms with Crippen LogP contribution in [0.15, 0.2) is 36.5 Å². The number of hydrogen-bond acceptors (Lipinski definition) is 3. The summed E-state index contributed by atoms with van der Waals surface area (Å²) in [7, 11) is 1.65. The molecule has 4 nitrogen and oxygen atoms in total. The third-order valence-electron chi connectivity index (χ3n) is 3.37. The van der Waals surface area contributed by atoms with Crippen molar-refractivity contribution in [3.63, 3.8) is 0 Å². The average Bonchev–Trinajstić information content (AvgIpc) is 2.46. The first-order chi connectivity index (χ1) is 10.5. The number of hydrogen-bond donors (Lipinski definition) is 1. The molecule has 0 aliphatic rings. The molecule has 1 aromatic carbocycles. The van der Waals surface area contributed by atoms with Gasteiger partial charge in [0.15, 0.2) is 0 Å². The van der Waals surface area contributed by atoms with Crippen molar-refractivity contribution in [2.45, 2.75) is 20.8 Å². The Hall–Kier alpha value is -2.62. The number of aromatic nitrogens is 1. The predicted molar refractivity (Wildman–Crippen MR) is 89.1 cm³/mol. The highest BCUT2D eigenvalue weighted by Gasteiger charge is 2.04. The van der Waals surface area contributed by atoms with Crippen LogP contribution in [0.25, 0.3) is 6.08 Å². The number of nitrogens with zero attached hydrogens (tertiary/aromatic N) is 1. The van der Waals surface area contributed by atoms with Crippen molar-refractivity contribution >= 4 is 17.7 Å². The quantitative estimate of drug-likeness (QED) is 0.876. The minimum Gasteiger partial charge on any atom is -0.497 e. The molecule has 0 aliphatic carbocycles. The molecule has 2 rings (SSSR count). The molecule has 1 N–H and O–H groups in total. The van der Waals surface area contributed by atoms with Gasteiger partial charge in [-0.25, -0.2) is 0 Å². The minimum atomic E-state index is -0.166. The molecule has 22 heavy (non-hydrogen) atoms. The van der Waals surface area contributed by atoms with Crippen LogP contribution in [0.4, 0.5) is 5.69 Å². The summed E-state index contributed by atoms with van der Waals surface area (Å²) in [6, 6.07) is 7.51. The van der Waals surface area contributed by atoms with E-state index in [2.05, 4.69) is 10.3 Å². The molecule has 0 bridgehead atoms. The zero-order valence-corrected chi connectivity index (χ0v) is 13.3. The van der Waals surface area contributed by atoms with Crippen LogP contribution in [-0.2, 0) is 4.79 Å². The lowest BCUT2D eigenvalue weighted by molar-refractivity contribution is -0.111. The van der Waals surface area contributed by atoms with Crippen LogP contribution < -0.4 is 10.1 Å². The number of amides is 1. The first-order valence-corrected chi connectivity index (χ1v) is 7.06.